The number of halogens is 1. The Morgan fingerprint density at radius 1 is 1.07 bits per heavy atom. The molecule has 0 aromatic heterocycles. The highest BCUT2D eigenvalue weighted by molar-refractivity contribution is 9.10. The molecule has 28 heavy (non-hydrogen) atoms. The van der Waals surface area contributed by atoms with Crippen LogP contribution >= 0.6 is 15.9 Å². The van der Waals surface area contributed by atoms with Crippen LogP contribution in [-0.4, -0.2) is 30.6 Å². The molecule has 6 nitrogen and oxygen atoms in total. The van der Waals surface area contributed by atoms with Crippen molar-refractivity contribution in [1.29, 1.82) is 0 Å². The Balaban J connectivity index is 1.90. The van der Waals surface area contributed by atoms with Crippen molar-refractivity contribution in [3.8, 4) is 0 Å². The highest BCUT2D eigenvalue weighted by Gasteiger charge is 2.44. The van der Waals surface area contributed by atoms with Gasteiger partial charge in [-0.2, -0.15) is 0 Å². The normalized spacial score (nSPS) is 17.1. The van der Waals surface area contributed by atoms with Gasteiger partial charge in [0.15, 0.2) is 0 Å². The van der Waals surface area contributed by atoms with E-state index in [0.717, 1.165) is 25.5 Å². The van der Waals surface area contributed by atoms with Crippen molar-refractivity contribution in [2.45, 2.75) is 44.6 Å². The molecular formula is C20H21BrN2O4S. The molecule has 3 rings (SSSR count). The van der Waals surface area contributed by atoms with Gasteiger partial charge >= 0.3 is 0 Å². The van der Waals surface area contributed by atoms with E-state index >= 15 is 0 Å². The van der Waals surface area contributed by atoms with Crippen molar-refractivity contribution in [2.24, 2.45) is 0 Å². The zero-order valence-corrected chi connectivity index (χ0v) is 18.2. The third-order valence-corrected chi connectivity index (χ3v) is 7.64. The molecule has 8 heteroatoms. The summed E-state index contributed by atoms with van der Waals surface area (Å²) in [5.41, 5.74) is 3.24. The van der Waals surface area contributed by atoms with Crippen LogP contribution in [0.15, 0.2) is 45.8 Å². The Hall–Kier alpha value is -2.19. The van der Waals surface area contributed by atoms with Gasteiger partial charge in [0.2, 0.25) is 11.8 Å². The maximum atomic E-state index is 13.1. The minimum atomic E-state index is -4.11. The number of rotatable bonds is 4. The van der Waals surface area contributed by atoms with Gasteiger partial charge in [-0.3, -0.25) is 9.59 Å². The highest BCUT2D eigenvalue weighted by atomic mass is 79.9. The lowest BCUT2D eigenvalue weighted by molar-refractivity contribution is -0.128. The lowest BCUT2D eigenvalue weighted by atomic mass is 10.1. The van der Waals surface area contributed by atoms with Crippen LogP contribution in [-0.2, 0) is 19.6 Å². The predicted octanol–water partition coefficient (Wildman–Crippen LogP) is 3.69. The van der Waals surface area contributed by atoms with Crippen LogP contribution in [0.4, 0.5) is 5.69 Å². The van der Waals surface area contributed by atoms with E-state index in [9.17, 15) is 18.0 Å². The fourth-order valence-corrected chi connectivity index (χ4v) is 5.07. The highest BCUT2D eigenvalue weighted by Crippen LogP contribution is 2.29. The van der Waals surface area contributed by atoms with Gasteiger partial charge in [-0.05, 0) is 74.2 Å². The lowest BCUT2D eigenvalue weighted by Gasteiger charge is -2.24. The van der Waals surface area contributed by atoms with E-state index in [4.69, 9.17) is 0 Å². The standard InChI is InChI=1S/C20H21BrN2O4S/c1-12-4-6-16(11-13(12)2)28(26,27)23-18(8-9-19(23)24)20(25)22-15-5-7-17(21)14(3)10-15/h4-7,10-11,18H,8-9H2,1-3H3,(H,22,25)/t18-/m0/s1. The van der Waals surface area contributed by atoms with Gasteiger partial charge in [0.1, 0.15) is 6.04 Å². The number of carbonyl (C=O) groups is 2. The number of anilines is 1. The largest absolute Gasteiger partial charge is 0.324 e. The number of carbonyl (C=O) groups excluding carboxylic acids is 2. The van der Waals surface area contributed by atoms with Crippen LogP contribution in [0.3, 0.4) is 0 Å². The van der Waals surface area contributed by atoms with Crippen molar-refractivity contribution in [1.82, 2.24) is 4.31 Å². The third kappa shape index (κ3) is 3.84. The van der Waals surface area contributed by atoms with E-state index in [-0.39, 0.29) is 17.7 Å². The summed E-state index contributed by atoms with van der Waals surface area (Å²) in [5.74, 6) is -1.08. The summed E-state index contributed by atoms with van der Waals surface area (Å²) in [6.07, 6.45) is 0.172. The van der Waals surface area contributed by atoms with E-state index in [2.05, 4.69) is 21.2 Å². The van der Waals surface area contributed by atoms with Crippen LogP contribution in [0, 0.1) is 20.8 Å². The van der Waals surface area contributed by atoms with Crippen LogP contribution in [0.2, 0.25) is 0 Å². The third-order valence-electron chi connectivity index (χ3n) is 4.92. The Bertz CT molecular complexity index is 1070. The minimum absolute atomic E-state index is 0.0154. The predicted molar refractivity (Wildman–Crippen MR) is 110 cm³/mol. The van der Waals surface area contributed by atoms with Crippen LogP contribution in [0.1, 0.15) is 29.5 Å². The van der Waals surface area contributed by atoms with E-state index < -0.39 is 27.9 Å². The van der Waals surface area contributed by atoms with Crippen LogP contribution in [0.25, 0.3) is 0 Å². The zero-order valence-electron chi connectivity index (χ0n) is 15.8. The number of hydrogen-bond acceptors (Lipinski definition) is 4. The van der Waals surface area contributed by atoms with Gasteiger partial charge in [-0.1, -0.05) is 22.0 Å². The van der Waals surface area contributed by atoms with Gasteiger partial charge in [0, 0.05) is 16.6 Å². The van der Waals surface area contributed by atoms with Gasteiger partial charge < -0.3 is 5.32 Å². The molecule has 0 spiro atoms. The molecule has 0 saturated carbocycles. The van der Waals surface area contributed by atoms with Crippen molar-refractivity contribution in [2.75, 3.05) is 5.32 Å². The van der Waals surface area contributed by atoms with Crippen molar-refractivity contribution >= 4 is 43.5 Å². The number of amides is 2. The Morgan fingerprint density at radius 2 is 1.79 bits per heavy atom. The van der Waals surface area contributed by atoms with Crippen LogP contribution in [0.5, 0.6) is 0 Å². The number of nitrogens with zero attached hydrogens (tertiary/aromatic N) is 1. The molecule has 0 bridgehead atoms. The molecule has 1 heterocycles. The van der Waals surface area contributed by atoms with Gasteiger partial charge in [-0.15, -0.1) is 0 Å². The summed E-state index contributed by atoms with van der Waals surface area (Å²) in [5, 5.41) is 2.73. The van der Waals surface area contributed by atoms with Gasteiger partial charge in [-0.25, -0.2) is 12.7 Å². The molecule has 2 aromatic rings. The molecule has 1 fully saturated rings. The maximum Gasteiger partial charge on any atom is 0.267 e. The van der Waals surface area contributed by atoms with Crippen LogP contribution < -0.4 is 5.32 Å². The molecule has 1 atom stereocenters. The maximum absolute atomic E-state index is 13.1. The second-order valence-corrected chi connectivity index (χ2v) is 9.62. The number of sulfonamides is 1. The van der Waals surface area contributed by atoms with Gasteiger partial charge in [0.05, 0.1) is 4.90 Å². The number of benzene rings is 2. The molecular weight excluding hydrogens is 444 g/mol. The molecule has 2 aromatic carbocycles. The fourth-order valence-electron chi connectivity index (χ4n) is 3.14. The molecule has 1 saturated heterocycles. The van der Waals surface area contributed by atoms with E-state index in [1.54, 1.807) is 31.2 Å². The summed E-state index contributed by atoms with van der Waals surface area (Å²) in [4.78, 5) is 25.2. The average Bonchev–Trinajstić information content (AvgIpc) is 3.03. The number of aryl methyl sites for hydroxylation is 3. The van der Waals surface area contributed by atoms with Crippen molar-refractivity contribution in [3.63, 3.8) is 0 Å². The minimum Gasteiger partial charge on any atom is -0.324 e. The lowest BCUT2D eigenvalue weighted by Crippen LogP contribution is -2.45. The summed E-state index contributed by atoms with van der Waals surface area (Å²) < 4.78 is 27.8. The second-order valence-electron chi connectivity index (χ2n) is 6.95. The monoisotopic (exact) mass is 464 g/mol. The van der Waals surface area contributed by atoms with E-state index in [1.807, 2.05) is 13.8 Å². The SMILES string of the molecule is Cc1ccc(S(=O)(=O)N2C(=O)CC[C@H]2C(=O)Nc2ccc(Br)c(C)c2)cc1C. The van der Waals surface area contributed by atoms with E-state index in [1.165, 1.54) is 12.1 Å². The topological polar surface area (TPSA) is 83.6 Å². The summed E-state index contributed by atoms with van der Waals surface area (Å²) in [6, 6.07) is 8.92. The first-order chi connectivity index (χ1) is 13.1. The first-order valence-corrected chi connectivity index (χ1v) is 11.1. The summed E-state index contributed by atoms with van der Waals surface area (Å²) in [6.45, 7) is 5.57. The molecule has 1 aliphatic heterocycles. The molecule has 0 unspecified atom stereocenters. The Morgan fingerprint density at radius 3 is 2.43 bits per heavy atom. The zero-order chi connectivity index (χ0) is 20.6. The fraction of sp³-hybridized carbons (Fsp3) is 0.300. The Kier molecular flexibility index (Phi) is 5.63. The van der Waals surface area contributed by atoms with Crippen molar-refractivity contribution < 1.29 is 18.0 Å². The smallest absolute Gasteiger partial charge is 0.267 e. The van der Waals surface area contributed by atoms with Crippen molar-refractivity contribution in [3.05, 3.63) is 57.6 Å². The first kappa shape index (κ1) is 20.5. The quantitative estimate of drug-likeness (QED) is 0.747. The molecule has 148 valence electrons. The molecule has 2 amide bonds. The summed E-state index contributed by atoms with van der Waals surface area (Å²) in [7, 11) is -4.11. The summed E-state index contributed by atoms with van der Waals surface area (Å²) >= 11 is 3.40. The molecule has 1 N–H and O–H groups in total. The molecule has 0 radical (unpaired) electrons. The molecule has 1 aliphatic rings. The first-order valence-electron chi connectivity index (χ1n) is 8.83. The van der Waals surface area contributed by atoms with E-state index in [0.29, 0.717) is 5.69 Å². The number of nitrogens with one attached hydrogen (secondary N) is 1. The van der Waals surface area contributed by atoms with Gasteiger partial charge in [0.25, 0.3) is 10.0 Å². The second kappa shape index (κ2) is 7.67. The molecule has 0 aliphatic carbocycles. The average molecular weight is 465 g/mol. The number of hydrogen-bond donors (Lipinski definition) is 1. The Labute approximate surface area is 173 Å².